The quantitative estimate of drug-likeness (QED) is 0.435. The van der Waals surface area contributed by atoms with E-state index in [-0.39, 0.29) is 23.1 Å². The van der Waals surface area contributed by atoms with Crippen molar-refractivity contribution in [2.45, 2.75) is 33.4 Å². The summed E-state index contributed by atoms with van der Waals surface area (Å²) in [5, 5.41) is 16.3. The van der Waals surface area contributed by atoms with Crippen molar-refractivity contribution in [1.82, 2.24) is 14.8 Å². The van der Waals surface area contributed by atoms with E-state index < -0.39 is 23.1 Å². The monoisotopic (exact) mass is 449 g/mol. The van der Waals surface area contributed by atoms with Crippen LogP contribution < -0.4 is 5.32 Å². The number of nitriles is 1. The summed E-state index contributed by atoms with van der Waals surface area (Å²) in [6.07, 6.45) is 2.79. The lowest BCUT2D eigenvalue weighted by molar-refractivity contribution is 0.0963. The number of nitrogens with one attached hydrogen (secondary N) is 1. The van der Waals surface area contributed by atoms with Crippen molar-refractivity contribution in [2.75, 3.05) is 5.32 Å². The Morgan fingerprint density at radius 3 is 2.59 bits per heavy atom. The van der Waals surface area contributed by atoms with Gasteiger partial charge in [0.25, 0.3) is 0 Å². The molecule has 0 amide bonds. The van der Waals surface area contributed by atoms with Gasteiger partial charge >= 0.3 is 0 Å². The van der Waals surface area contributed by atoms with Crippen molar-refractivity contribution in [2.24, 2.45) is 5.41 Å². The number of carbonyl (C=O) groups excluding carboxylic acids is 1. The highest BCUT2D eigenvalue weighted by molar-refractivity contribution is 6.33. The summed E-state index contributed by atoms with van der Waals surface area (Å²) in [6, 6.07) is 11.9. The van der Waals surface area contributed by atoms with Crippen LogP contribution in [0.5, 0.6) is 0 Å². The molecule has 3 aromatic rings. The van der Waals surface area contributed by atoms with Crippen molar-refractivity contribution in [3.8, 4) is 17.9 Å². The second-order valence-electron chi connectivity index (χ2n) is 7.90. The molecule has 1 unspecified atom stereocenters. The number of carbonyl (C=O) groups is 1. The zero-order valence-electron chi connectivity index (χ0n) is 17.9. The first-order chi connectivity index (χ1) is 15.2. The van der Waals surface area contributed by atoms with Crippen LogP contribution in [0.3, 0.4) is 0 Å². The molecule has 1 N–H and O–H groups in total. The van der Waals surface area contributed by atoms with Gasteiger partial charge in [-0.2, -0.15) is 10.4 Å². The van der Waals surface area contributed by atoms with Gasteiger partial charge in [0.2, 0.25) is 5.78 Å². The van der Waals surface area contributed by atoms with Gasteiger partial charge in [0.1, 0.15) is 5.69 Å². The minimum absolute atomic E-state index is 0.0735. The maximum Gasteiger partial charge on any atom is 0.204 e. The van der Waals surface area contributed by atoms with Crippen LogP contribution in [0.25, 0.3) is 0 Å². The van der Waals surface area contributed by atoms with Crippen LogP contribution in [0, 0.1) is 34.4 Å². The third-order valence-electron chi connectivity index (χ3n) is 4.59. The normalized spacial score (nSPS) is 11.8. The highest BCUT2D eigenvalue weighted by Crippen LogP contribution is 2.23. The molecule has 6 nitrogen and oxygen atoms in total. The summed E-state index contributed by atoms with van der Waals surface area (Å²) in [5.41, 5.74) is 0.629. The fourth-order valence-corrected chi connectivity index (χ4v) is 3.13. The summed E-state index contributed by atoms with van der Waals surface area (Å²) in [6.45, 7) is 5.24. The van der Waals surface area contributed by atoms with E-state index in [2.05, 4.69) is 33.3 Å². The molecule has 8 heteroatoms. The molecule has 1 atom stereocenters. The molecule has 0 aliphatic rings. The fourth-order valence-electron chi connectivity index (χ4n) is 2.89. The average molecular weight is 450 g/mol. The summed E-state index contributed by atoms with van der Waals surface area (Å²) in [5.74, 6) is 4.71. The summed E-state index contributed by atoms with van der Waals surface area (Å²) < 4.78 is 16.0. The van der Waals surface area contributed by atoms with Gasteiger partial charge in [-0.25, -0.2) is 9.37 Å². The summed E-state index contributed by atoms with van der Waals surface area (Å²) >= 11 is 6.18. The molecule has 162 valence electrons. The molecule has 0 bridgehead atoms. The highest BCUT2D eigenvalue weighted by atomic mass is 35.5. The molecular formula is C24H21ClFN5O. The SMILES string of the molecule is CC(Nc1ncc(C#Cc2ccccc2)cc1F)C(=O)c1c(Cl)cnn1CC(C)(C)C#N. The molecule has 0 radical (unpaired) electrons. The van der Waals surface area contributed by atoms with E-state index in [0.717, 1.165) is 5.56 Å². The standard InChI is InChI=1S/C24H21ClFN5O/c1-16(22(32)21-19(25)13-29-31(21)15-24(2,3)14-27)30-23-20(26)11-18(12-28-23)10-9-17-7-5-4-6-8-17/h4-8,11-13,16H,15H2,1-3H3,(H,28,30). The van der Waals surface area contributed by atoms with Crippen molar-refractivity contribution in [3.05, 3.63) is 76.5 Å². The van der Waals surface area contributed by atoms with Crippen molar-refractivity contribution >= 4 is 23.2 Å². The fraction of sp³-hybridized carbons (Fsp3) is 0.250. The molecular weight excluding hydrogens is 429 g/mol. The summed E-state index contributed by atoms with van der Waals surface area (Å²) in [7, 11) is 0. The topological polar surface area (TPSA) is 83.6 Å². The molecule has 0 aliphatic carbocycles. The second-order valence-corrected chi connectivity index (χ2v) is 8.30. The number of Topliss-reactive ketones (excluding diaryl/α,β-unsaturated/α-hetero) is 1. The number of pyridine rings is 1. The average Bonchev–Trinajstić information content (AvgIpc) is 3.13. The lowest BCUT2D eigenvalue weighted by Crippen LogP contribution is -2.31. The van der Waals surface area contributed by atoms with Crippen molar-refractivity contribution in [1.29, 1.82) is 5.26 Å². The van der Waals surface area contributed by atoms with Crippen molar-refractivity contribution in [3.63, 3.8) is 0 Å². The Kier molecular flexibility index (Phi) is 6.92. The predicted octanol–water partition coefficient (Wildman–Crippen LogP) is 4.70. The third kappa shape index (κ3) is 5.51. The lowest BCUT2D eigenvalue weighted by atomic mass is 9.96. The van der Waals surface area contributed by atoms with Crippen LogP contribution in [0.4, 0.5) is 10.2 Å². The molecule has 0 fully saturated rings. The molecule has 0 saturated heterocycles. The number of halogens is 2. The highest BCUT2D eigenvalue weighted by Gasteiger charge is 2.27. The number of ketones is 1. The molecule has 1 aromatic carbocycles. The van der Waals surface area contributed by atoms with Gasteiger partial charge in [-0.1, -0.05) is 41.6 Å². The van der Waals surface area contributed by atoms with E-state index in [1.54, 1.807) is 20.8 Å². The van der Waals surface area contributed by atoms with Gasteiger partial charge in [-0.3, -0.25) is 9.48 Å². The first-order valence-electron chi connectivity index (χ1n) is 9.86. The number of aromatic nitrogens is 3. The molecule has 32 heavy (non-hydrogen) atoms. The molecule has 0 saturated carbocycles. The molecule has 2 aromatic heterocycles. The number of hydrogen-bond donors (Lipinski definition) is 1. The van der Waals surface area contributed by atoms with E-state index in [4.69, 9.17) is 11.6 Å². The zero-order valence-corrected chi connectivity index (χ0v) is 18.6. The Morgan fingerprint density at radius 2 is 1.94 bits per heavy atom. The van der Waals surface area contributed by atoms with Crippen LogP contribution in [0.2, 0.25) is 5.02 Å². The summed E-state index contributed by atoms with van der Waals surface area (Å²) in [4.78, 5) is 17.1. The Morgan fingerprint density at radius 1 is 1.25 bits per heavy atom. The zero-order chi connectivity index (χ0) is 23.3. The van der Waals surface area contributed by atoms with Crippen LogP contribution in [0.1, 0.15) is 42.4 Å². The van der Waals surface area contributed by atoms with E-state index in [0.29, 0.717) is 5.56 Å². The third-order valence-corrected chi connectivity index (χ3v) is 4.87. The van der Waals surface area contributed by atoms with Crippen LogP contribution in [0.15, 0.2) is 48.8 Å². The Balaban J connectivity index is 1.76. The van der Waals surface area contributed by atoms with E-state index in [1.165, 1.54) is 23.1 Å². The van der Waals surface area contributed by atoms with Crippen molar-refractivity contribution < 1.29 is 9.18 Å². The number of hydrogen-bond acceptors (Lipinski definition) is 5. The van der Waals surface area contributed by atoms with Gasteiger partial charge in [0, 0.05) is 17.3 Å². The molecule has 2 heterocycles. The first-order valence-corrected chi connectivity index (χ1v) is 10.2. The Hall–Kier alpha value is -3.68. The Labute approximate surface area is 191 Å². The van der Waals surface area contributed by atoms with E-state index in [1.807, 2.05) is 30.3 Å². The van der Waals surface area contributed by atoms with Crippen LogP contribution in [-0.2, 0) is 6.54 Å². The van der Waals surface area contributed by atoms with Gasteiger partial charge < -0.3 is 5.32 Å². The minimum Gasteiger partial charge on any atom is -0.358 e. The number of nitrogens with zero attached hydrogens (tertiary/aromatic N) is 4. The van der Waals surface area contributed by atoms with Gasteiger partial charge in [-0.05, 0) is 39.0 Å². The number of rotatable bonds is 6. The number of anilines is 1. The van der Waals surface area contributed by atoms with Gasteiger partial charge in [-0.15, -0.1) is 0 Å². The van der Waals surface area contributed by atoms with Crippen LogP contribution >= 0.6 is 11.6 Å². The Bertz CT molecular complexity index is 1230. The molecule has 0 aliphatic heterocycles. The minimum atomic E-state index is -0.837. The van der Waals surface area contributed by atoms with Gasteiger partial charge in [0.05, 0.1) is 35.3 Å². The lowest BCUT2D eigenvalue weighted by Gasteiger charge is -2.19. The first kappa shape index (κ1) is 23.0. The van der Waals surface area contributed by atoms with E-state index in [9.17, 15) is 14.4 Å². The van der Waals surface area contributed by atoms with Crippen LogP contribution in [-0.4, -0.2) is 26.6 Å². The maximum atomic E-state index is 14.6. The largest absolute Gasteiger partial charge is 0.358 e. The second kappa shape index (κ2) is 9.64. The molecule has 3 rings (SSSR count). The maximum absolute atomic E-state index is 14.6. The smallest absolute Gasteiger partial charge is 0.204 e. The predicted molar refractivity (Wildman–Crippen MR) is 121 cm³/mol. The number of benzene rings is 1. The molecule has 0 spiro atoms. The van der Waals surface area contributed by atoms with Gasteiger partial charge in [0.15, 0.2) is 11.6 Å². The van der Waals surface area contributed by atoms with E-state index >= 15 is 0 Å².